The van der Waals surface area contributed by atoms with Crippen LogP contribution in [0.2, 0.25) is 0 Å². The van der Waals surface area contributed by atoms with Gasteiger partial charge in [0.05, 0.1) is 5.69 Å². The average Bonchev–Trinajstić information content (AvgIpc) is 2.68. The van der Waals surface area contributed by atoms with Crippen LogP contribution in [-0.4, -0.2) is 16.5 Å². The largest absolute Gasteiger partial charge is 0.354 e. The van der Waals surface area contributed by atoms with E-state index in [-0.39, 0.29) is 0 Å². The van der Waals surface area contributed by atoms with Crippen molar-refractivity contribution in [2.45, 2.75) is 20.8 Å². The molecular weight excluding hydrogens is 218 g/mol. The number of hydrogen-bond acceptors (Lipinski definition) is 4. The zero-order chi connectivity index (χ0) is 11.5. The highest BCUT2D eigenvalue weighted by Crippen LogP contribution is 2.26. The fourth-order valence-electron chi connectivity index (χ4n) is 1.55. The average molecular weight is 233 g/mol. The first-order valence-electron chi connectivity index (χ1n) is 5.33. The van der Waals surface area contributed by atoms with Gasteiger partial charge in [-0.25, -0.2) is 9.97 Å². The van der Waals surface area contributed by atoms with Crippen molar-refractivity contribution in [3.63, 3.8) is 0 Å². The summed E-state index contributed by atoms with van der Waals surface area (Å²) in [4.78, 5) is 10.1. The van der Waals surface area contributed by atoms with E-state index in [4.69, 9.17) is 0 Å². The lowest BCUT2D eigenvalue weighted by atomic mass is 10.1. The van der Waals surface area contributed by atoms with Crippen molar-refractivity contribution in [3.05, 3.63) is 28.1 Å². The van der Waals surface area contributed by atoms with Gasteiger partial charge < -0.3 is 5.32 Å². The quantitative estimate of drug-likeness (QED) is 0.884. The molecule has 3 nitrogen and oxygen atoms in total. The number of nitrogens with one attached hydrogen (secondary N) is 1. The van der Waals surface area contributed by atoms with Gasteiger partial charge in [0.2, 0.25) is 5.95 Å². The van der Waals surface area contributed by atoms with Crippen molar-refractivity contribution in [3.8, 4) is 11.3 Å². The van der Waals surface area contributed by atoms with Gasteiger partial charge in [-0.15, -0.1) is 11.3 Å². The lowest BCUT2D eigenvalue weighted by Gasteiger charge is -2.06. The van der Waals surface area contributed by atoms with E-state index in [2.05, 4.69) is 33.7 Å². The SMILES string of the molecule is CCNc1ncc(C)c(-c2csc(C)c2)n1. The summed E-state index contributed by atoms with van der Waals surface area (Å²) in [5.74, 6) is 0.701. The van der Waals surface area contributed by atoms with Crippen LogP contribution in [0.1, 0.15) is 17.4 Å². The summed E-state index contributed by atoms with van der Waals surface area (Å²) in [5, 5.41) is 5.27. The molecule has 0 bridgehead atoms. The number of aromatic nitrogens is 2. The van der Waals surface area contributed by atoms with E-state index in [0.29, 0.717) is 5.95 Å². The van der Waals surface area contributed by atoms with Crippen LogP contribution in [0.25, 0.3) is 11.3 Å². The van der Waals surface area contributed by atoms with Crippen LogP contribution < -0.4 is 5.32 Å². The third kappa shape index (κ3) is 2.22. The number of aryl methyl sites for hydroxylation is 2. The molecule has 0 aliphatic heterocycles. The third-order valence-electron chi connectivity index (χ3n) is 2.31. The Balaban J connectivity index is 2.42. The van der Waals surface area contributed by atoms with Crippen molar-refractivity contribution in [1.29, 1.82) is 0 Å². The smallest absolute Gasteiger partial charge is 0.223 e. The molecular formula is C12H15N3S. The molecule has 2 rings (SSSR count). The Bertz CT molecular complexity index is 491. The van der Waals surface area contributed by atoms with Gasteiger partial charge in [-0.3, -0.25) is 0 Å². The van der Waals surface area contributed by atoms with E-state index >= 15 is 0 Å². The Morgan fingerprint density at radius 3 is 2.81 bits per heavy atom. The van der Waals surface area contributed by atoms with Crippen LogP contribution in [0.5, 0.6) is 0 Å². The Kier molecular flexibility index (Phi) is 3.19. The maximum atomic E-state index is 4.53. The van der Waals surface area contributed by atoms with Crippen LogP contribution in [0.3, 0.4) is 0 Å². The molecule has 84 valence electrons. The maximum absolute atomic E-state index is 4.53. The normalized spacial score (nSPS) is 10.4. The monoisotopic (exact) mass is 233 g/mol. The van der Waals surface area contributed by atoms with E-state index < -0.39 is 0 Å². The van der Waals surface area contributed by atoms with Gasteiger partial charge in [0.15, 0.2) is 0 Å². The molecule has 2 aromatic heterocycles. The molecule has 4 heteroatoms. The molecule has 16 heavy (non-hydrogen) atoms. The molecule has 0 fully saturated rings. The van der Waals surface area contributed by atoms with Crippen molar-refractivity contribution in [2.75, 3.05) is 11.9 Å². The number of thiophene rings is 1. The van der Waals surface area contributed by atoms with Gasteiger partial charge in [0, 0.05) is 28.6 Å². The van der Waals surface area contributed by atoms with E-state index in [1.165, 1.54) is 10.4 Å². The van der Waals surface area contributed by atoms with Gasteiger partial charge >= 0.3 is 0 Å². The molecule has 0 amide bonds. The topological polar surface area (TPSA) is 37.8 Å². The lowest BCUT2D eigenvalue weighted by molar-refractivity contribution is 1.07. The fourth-order valence-corrected chi connectivity index (χ4v) is 2.23. The second-order valence-corrected chi connectivity index (χ2v) is 4.82. The summed E-state index contributed by atoms with van der Waals surface area (Å²) >= 11 is 1.75. The molecule has 2 heterocycles. The minimum absolute atomic E-state index is 0.701. The molecule has 0 radical (unpaired) electrons. The first kappa shape index (κ1) is 11.1. The first-order chi connectivity index (χ1) is 7.70. The Morgan fingerprint density at radius 2 is 2.19 bits per heavy atom. The van der Waals surface area contributed by atoms with E-state index in [1.54, 1.807) is 11.3 Å². The zero-order valence-electron chi connectivity index (χ0n) is 9.74. The third-order valence-corrected chi connectivity index (χ3v) is 3.17. The van der Waals surface area contributed by atoms with Gasteiger partial charge in [0.1, 0.15) is 0 Å². The van der Waals surface area contributed by atoms with Crippen molar-refractivity contribution >= 4 is 17.3 Å². The Hall–Kier alpha value is -1.42. The predicted molar refractivity (Wildman–Crippen MR) is 69.0 cm³/mol. The molecule has 1 N–H and O–H groups in total. The zero-order valence-corrected chi connectivity index (χ0v) is 10.6. The lowest BCUT2D eigenvalue weighted by Crippen LogP contribution is -2.03. The predicted octanol–water partition coefficient (Wildman–Crippen LogP) is 3.25. The summed E-state index contributed by atoms with van der Waals surface area (Å²) in [6.07, 6.45) is 1.87. The van der Waals surface area contributed by atoms with Crippen LogP contribution in [0.4, 0.5) is 5.95 Å². The minimum Gasteiger partial charge on any atom is -0.354 e. The van der Waals surface area contributed by atoms with Gasteiger partial charge in [0.25, 0.3) is 0 Å². The summed E-state index contributed by atoms with van der Waals surface area (Å²) < 4.78 is 0. The summed E-state index contributed by atoms with van der Waals surface area (Å²) in [6.45, 7) is 7.02. The van der Waals surface area contributed by atoms with E-state index in [9.17, 15) is 0 Å². The molecule has 2 aromatic rings. The standard InChI is InChI=1S/C12H15N3S/c1-4-13-12-14-6-8(2)11(15-12)10-5-9(3)16-7-10/h5-7H,4H2,1-3H3,(H,13,14,15). The summed E-state index contributed by atoms with van der Waals surface area (Å²) in [6, 6.07) is 2.16. The van der Waals surface area contributed by atoms with E-state index in [0.717, 1.165) is 17.8 Å². The van der Waals surface area contributed by atoms with Crippen LogP contribution in [-0.2, 0) is 0 Å². The van der Waals surface area contributed by atoms with Crippen molar-refractivity contribution in [2.24, 2.45) is 0 Å². The minimum atomic E-state index is 0.701. The Morgan fingerprint density at radius 1 is 1.38 bits per heavy atom. The molecule has 0 spiro atoms. The van der Waals surface area contributed by atoms with Crippen LogP contribution in [0.15, 0.2) is 17.6 Å². The maximum Gasteiger partial charge on any atom is 0.223 e. The Labute approximate surface area is 99.6 Å². The first-order valence-corrected chi connectivity index (χ1v) is 6.21. The number of rotatable bonds is 3. The molecule has 0 aromatic carbocycles. The van der Waals surface area contributed by atoms with Crippen molar-refractivity contribution < 1.29 is 0 Å². The second-order valence-electron chi connectivity index (χ2n) is 3.70. The van der Waals surface area contributed by atoms with Gasteiger partial charge in [-0.05, 0) is 32.4 Å². The molecule has 0 saturated heterocycles. The van der Waals surface area contributed by atoms with E-state index in [1.807, 2.05) is 20.0 Å². The summed E-state index contributed by atoms with van der Waals surface area (Å²) in [5.41, 5.74) is 3.32. The van der Waals surface area contributed by atoms with Gasteiger partial charge in [-0.2, -0.15) is 0 Å². The highest BCUT2D eigenvalue weighted by molar-refractivity contribution is 7.10. The number of nitrogens with zero attached hydrogens (tertiary/aromatic N) is 2. The number of anilines is 1. The second kappa shape index (κ2) is 4.61. The molecule has 0 aliphatic rings. The number of hydrogen-bond donors (Lipinski definition) is 1. The summed E-state index contributed by atoms with van der Waals surface area (Å²) in [7, 11) is 0. The molecule has 0 unspecified atom stereocenters. The highest BCUT2D eigenvalue weighted by Gasteiger charge is 2.07. The highest BCUT2D eigenvalue weighted by atomic mass is 32.1. The van der Waals surface area contributed by atoms with Crippen LogP contribution >= 0.6 is 11.3 Å². The van der Waals surface area contributed by atoms with Gasteiger partial charge in [-0.1, -0.05) is 0 Å². The van der Waals surface area contributed by atoms with Crippen LogP contribution in [0, 0.1) is 13.8 Å². The molecule has 0 aliphatic carbocycles. The molecule has 0 atom stereocenters. The molecule has 0 saturated carbocycles. The fraction of sp³-hybridized carbons (Fsp3) is 0.333. The van der Waals surface area contributed by atoms with Crippen molar-refractivity contribution in [1.82, 2.24) is 9.97 Å².